The van der Waals surface area contributed by atoms with Crippen LogP contribution >= 0.6 is 39.1 Å². The number of benzene rings is 1. The van der Waals surface area contributed by atoms with Gasteiger partial charge in [-0.25, -0.2) is 15.2 Å². The number of halogens is 3. The van der Waals surface area contributed by atoms with E-state index < -0.39 is 17.9 Å². The zero-order valence-corrected chi connectivity index (χ0v) is 19.8. The fraction of sp³-hybridized carbons (Fsp3) is 0.100. The largest absolute Gasteiger partial charge is 0.452 e. The molecule has 0 aliphatic heterocycles. The molecule has 2 aromatic heterocycles. The average molecular weight is 541 g/mol. The van der Waals surface area contributed by atoms with E-state index in [1.54, 1.807) is 42.0 Å². The molecule has 0 unspecified atom stereocenters. The summed E-state index contributed by atoms with van der Waals surface area (Å²) in [7, 11) is 1.15. The van der Waals surface area contributed by atoms with Crippen molar-refractivity contribution in [2.45, 2.75) is 6.92 Å². The molecule has 0 aliphatic rings. The van der Waals surface area contributed by atoms with E-state index in [0.29, 0.717) is 15.7 Å². The lowest BCUT2D eigenvalue weighted by atomic mass is 10.1. The van der Waals surface area contributed by atoms with Crippen LogP contribution < -0.4 is 16.2 Å². The first-order chi connectivity index (χ1) is 15.2. The highest BCUT2D eigenvalue weighted by Crippen LogP contribution is 2.28. The summed E-state index contributed by atoms with van der Waals surface area (Å²) in [6, 6.07) is 7.96. The van der Waals surface area contributed by atoms with Gasteiger partial charge in [-0.1, -0.05) is 23.2 Å². The number of pyridine rings is 1. The maximum atomic E-state index is 13.2. The van der Waals surface area contributed by atoms with Gasteiger partial charge in [-0.15, -0.1) is 0 Å². The van der Waals surface area contributed by atoms with Crippen molar-refractivity contribution >= 4 is 62.7 Å². The van der Waals surface area contributed by atoms with E-state index in [9.17, 15) is 14.4 Å². The third-order valence-corrected chi connectivity index (χ3v) is 5.21. The van der Waals surface area contributed by atoms with E-state index in [4.69, 9.17) is 23.2 Å². The monoisotopic (exact) mass is 539 g/mol. The van der Waals surface area contributed by atoms with Gasteiger partial charge in [-0.05, 0) is 58.7 Å². The summed E-state index contributed by atoms with van der Waals surface area (Å²) >= 11 is 15.7. The summed E-state index contributed by atoms with van der Waals surface area (Å²) < 4.78 is 6.62. The Morgan fingerprint density at radius 2 is 1.88 bits per heavy atom. The number of nitrogens with one attached hydrogen (secondary N) is 3. The van der Waals surface area contributed by atoms with Crippen LogP contribution in [0.25, 0.3) is 5.69 Å². The quantitative estimate of drug-likeness (QED) is 0.333. The van der Waals surface area contributed by atoms with Crippen LogP contribution in [-0.4, -0.2) is 34.6 Å². The molecule has 9 nitrogen and oxygen atoms in total. The molecule has 32 heavy (non-hydrogen) atoms. The number of carbonyl (C=O) groups excluding carboxylic acids is 3. The van der Waals surface area contributed by atoms with E-state index in [-0.39, 0.29) is 27.1 Å². The Hall–Kier alpha value is -3.08. The molecule has 0 atom stereocenters. The fourth-order valence-electron chi connectivity index (χ4n) is 2.85. The smallest absolute Gasteiger partial charge is 0.425 e. The van der Waals surface area contributed by atoms with Crippen LogP contribution in [-0.2, 0) is 4.74 Å². The second kappa shape index (κ2) is 10.0. The molecule has 0 aliphatic carbocycles. The number of methoxy groups -OCH3 is 1. The van der Waals surface area contributed by atoms with Crippen LogP contribution in [0.1, 0.15) is 26.4 Å². The van der Waals surface area contributed by atoms with Gasteiger partial charge in [0.1, 0.15) is 5.69 Å². The molecule has 0 saturated carbocycles. The first kappa shape index (κ1) is 23.6. The number of hydrogen-bond acceptors (Lipinski definition) is 5. The standard InChI is InChI=1S/C20H16BrCl2N5O4/c1-10-6-12(22)8-13(18(29)26-27-20(31)32-2)16(10)25-19(30)15-7-11(21)9-28(15)14-4-3-5-24-17(14)23/h3-9H,1-2H3,(H,25,30)(H,26,29)(H,27,31). The number of rotatable bonds is 4. The highest BCUT2D eigenvalue weighted by molar-refractivity contribution is 9.10. The van der Waals surface area contributed by atoms with E-state index in [0.717, 1.165) is 7.11 Å². The van der Waals surface area contributed by atoms with E-state index >= 15 is 0 Å². The Bertz CT molecular complexity index is 1210. The van der Waals surface area contributed by atoms with Crippen molar-refractivity contribution in [3.8, 4) is 5.69 Å². The number of nitrogens with zero attached hydrogens (tertiary/aromatic N) is 2. The summed E-state index contributed by atoms with van der Waals surface area (Å²) in [6.45, 7) is 1.68. The second-order valence-corrected chi connectivity index (χ2v) is 8.11. The lowest BCUT2D eigenvalue weighted by molar-refractivity contribution is 0.0921. The molecule has 3 rings (SSSR count). The molecule has 0 bridgehead atoms. The summed E-state index contributed by atoms with van der Waals surface area (Å²) in [5.41, 5.74) is 5.79. The van der Waals surface area contributed by atoms with E-state index in [1.807, 2.05) is 0 Å². The van der Waals surface area contributed by atoms with Crippen LogP contribution in [0.4, 0.5) is 10.5 Å². The summed E-state index contributed by atoms with van der Waals surface area (Å²) in [5, 5.41) is 3.22. The van der Waals surface area contributed by atoms with Gasteiger partial charge in [0.15, 0.2) is 5.15 Å². The Morgan fingerprint density at radius 3 is 2.56 bits per heavy atom. The molecule has 3 aromatic rings. The number of aromatic nitrogens is 2. The topological polar surface area (TPSA) is 114 Å². The van der Waals surface area contributed by atoms with Crippen molar-refractivity contribution in [3.63, 3.8) is 0 Å². The van der Waals surface area contributed by atoms with Crippen molar-refractivity contribution < 1.29 is 19.1 Å². The molecule has 0 radical (unpaired) electrons. The molecular formula is C20H16BrCl2N5O4. The van der Waals surface area contributed by atoms with Gasteiger partial charge < -0.3 is 14.6 Å². The minimum absolute atomic E-state index is 0.0383. The first-order valence-electron chi connectivity index (χ1n) is 8.95. The van der Waals surface area contributed by atoms with Crippen LogP contribution in [0.2, 0.25) is 10.2 Å². The molecular weight excluding hydrogens is 525 g/mol. The molecule has 1 aromatic carbocycles. The Labute approximate surface area is 201 Å². The van der Waals surface area contributed by atoms with Gasteiger partial charge in [0.2, 0.25) is 0 Å². The summed E-state index contributed by atoms with van der Waals surface area (Å²) in [4.78, 5) is 41.1. The van der Waals surface area contributed by atoms with Crippen molar-refractivity contribution in [1.29, 1.82) is 0 Å². The molecule has 0 fully saturated rings. The number of aryl methyl sites for hydroxylation is 1. The molecule has 0 saturated heterocycles. The zero-order chi connectivity index (χ0) is 23.4. The highest BCUT2D eigenvalue weighted by atomic mass is 79.9. The third kappa shape index (κ3) is 5.21. The number of hydrazine groups is 1. The Balaban J connectivity index is 1.96. The maximum Gasteiger partial charge on any atom is 0.425 e. The predicted molar refractivity (Wildman–Crippen MR) is 123 cm³/mol. The predicted octanol–water partition coefficient (Wildman–Crippen LogP) is 4.50. The van der Waals surface area contributed by atoms with Crippen LogP contribution in [0.5, 0.6) is 0 Å². The average Bonchev–Trinajstić information content (AvgIpc) is 3.15. The van der Waals surface area contributed by atoms with Gasteiger partial charge in [0, 0.05) is 21.9 Å². The van der Waals surface area contributed by atoms with Crippen LogP contribution in [0.3, 0.4) is 0 Å². The molecule has 12 heteroatoms. The first-order valence-corrected chi connectivity index (χ1v) is 10.5. The number of ether oxygens (including phenoxy) is 1. The van der Waals surface area contributed by atoms with Crippen molar-refractivity contribution in [2.75, 3.05) is 12.4 Å². The van der Waals surface area contributed by atoms with Crippen molar-refractivity contribution in [2.24, 2.45) is 0 Å². The summed E-state index contributed by atoms with van der Waals surface area (Å²) in [5.74, 6) is -1.22. The van der Waals surface area contributed by atoms with E-state index in [2.05, 4.69) is 41.8 Å². The molecule has 3 N–H and O–H groups in total. The van der Waals surface area contributed by atoms with Crippen LogP contribution in [0, 0.1) is 6.92 Å². The maximum absolute atomic E-state index is 13.2. The fourth-order valence-corrected chi connectivity index (χ4v) is 3.76. The highest BCUT2D eigenvalue weighted by Gasteiger charge is 2.21. The van der Waals surface area contributed by atoms with Gasteiger partial charge in [0.25, 0.3) is 11.8 Å². The Kier molecular flexibility index (Phi) is 7.39. The van der Waals surface area contributed by atoms with Crippen molar-refractivity contribution in [3.05, 3.63) is 74.2 Å². The van der Waals surface area contributed by atoms with Gasteiger partial charge >= 0.3 is 6.09 Å². The molecule has 166 valence electrons. The normalized spacial score (nSPS) is 10.4. The van der Waals surface area contributed by atoms with Crippen molar-refractivity contribution in [1.82, 2.24) is 20.4 Å². The third-order valence-electron chi connectivity index (χ3n) is 4.27. The second-order valence-electron chi connectivity index (χ2n) is 6.40. The zero-order valence-electron chi connectivity index (χ0n) is 16.7. The number of anilines is 1. The SMILES string of the molecule is COC(=O)NNC(=O)c1cc(Cl)cc(C)c1NC(=O)c1cc(Br)cn1-c1cccnc1Cl. The lowest BCUT2D eigenvalue weighted by Gasteiger charge is -2.16. The summed E-state index contributed by atoms with van der Waals surface area (Å²) in [6.07, 6.45) is 2.34. The Morgan fingerprint density at radius 1 is 1.12 bits per heavy atom. The van der Waals surface area contributed by atoms with Crippen LogP contribution in [0.15, 0.2) is 47.2 Å². The van der Waals surface area contributed by atoms with Gasteiger partial charge in [-0.2, -0.15) is 0 Å². The number of hydrogen-bond donors (Lipinski definition) is 3. The van der Waals surface area contributed by atoms with Gasteiger partial charge in [-0.3, -0.25) is 15.0 Å². The molecule has 3 amide bonds. The molecule has 2 heterocycles. The van der Waals surface area contributed by atoms with Gasteiger partial charge in [0.05, 0.1) is 24.0 Å². The minimum atomic E-state index is -0.862. The number of carbonyl (C=O) groups is 3. The number of amides is 3. The minimum Gasteiger partial charge on any atom is -0.452 e. The van der Waals surface area contributed by atoms with E-state index in [1.165, 1.54) is 12.3 Å². The molecule has 0 spiro atoms. The lowest BCUT2D eigenvalue weighted by Crippen LogP contribution is -2.41.